The Hall–Kier alpha value is -2.92. The van der Waals surface area contributed by atoms with Crippen molar-refractivity contribution in [3.63, 3.8) is 0 Å². The van der Waals surface area contributed by atoms with E-state index in [2.05, 4.69) is 15.3 Å². The van der Waals surface area contributed by atoms with Crippen LogP contribution in [-0.2, 0) is 0 Å². The molecule has 0 saturated heterocycles. The van der Waals surface area contributed by atoms with E-state index in [4.69, 9.17) is 16.3 Å². The Kier molecular flexibility index (Phi) is 3.86. The second-order valence-electron chi connectivity index (χ2n) is 5.47. The standard InChI is InChI=1S/C19H13ClFN3O/c1-25-17-9-8-15-19(24-17)18(23-14-5-3-2-4-13(14)21)12-7-6-11(20)10-16(12)22-15/h2-10H,1H3,(H,22,23). The SMILES string of the molecule is COc1ccc2nc3cc(Cl)ccc3c(Nc3ccccc3F)c2n1. The average molecular weight is 354 g/mol. The molecule has 0 amide bonds. The van der Waals surface area contributed by atoms with Crippen LogP contribution in [0.15, 0.2) is 54.6 Å². The first kappa shape index (κ1) is 15.6. The number of rotatable bonds is 3. The van der Waals surface area contributed by atoms with Crippen molar-refractivity contribution in [2.24, 2.45) is 0 Å². The fraction of sp³-hybridized carbons (Fsp3) is 0.0526. The molecule has 0 aliphatic carbocycles. The van der Waals surface area contributed by atoms with Crippen LogP contribution in [0.1, 0.15) is 0 Å². The van der Waals surface area contributed by atoms with Crippen LogP contribution >= 0.6 is 11.6 Å². The van der Waals surface area contributed by atoms with Crippen LogP contribution in [0.2, 0.25) is 5.02 Å². The number of hydrogen-bond acceptors (Lipinski definition) is 4. The number of hydrogen-bond donors (Lipinski definition) is 1. The number of ether oxygens (including phenoxy) is 1. The van der Waals surface area contributed by atoms with Crippen LogP contribution in [-0.4, -0.2) is 17.1 Å². The molecule has 124 valence electrons. The van der Waals surface area contributed by atoms with Gasteiger partial charge in [-0.05, 0) is 36.4 Å². The molecule has 4 rings (SSSR count). The molecule has 25 heavy (non-hydrogen) atoms. The molecule has 2 aromatic carbocycles. The van der Waals surface area contributed by atoms with Crippen molar-refractivity contribution in [1.82, 2.24) is 9.97 Å². The minimum absolute atomic E-state index is 0.350. The first-order valence-electron chi connectivity index (χ1n) is 7.61. The molecule has 0 bridgehead atoms. The zero-order valence-corrected chi connectivity index (χ0v) is 14.0. The van der Waals surface area contributed by atoms with Crippen LogP contribution < -0.4 is 10.1 Å². The Bertz CT molecular complexity index is 1100. The molecule has 0 unspecified atom stereocenters. The van der Waals surface area contributed by atoms with E-state index in [1.54, 1.807) is 43.5 Å². The summed E-state index contributed by atoms with van der Waals surface area (Å²) in [6, 6.07) is 15.4. The summed E-state index contributed by atoms with van der Waals surface area (Å²) in [6.07, 6.45) is 0. The molecular formula is C19H13ClFN3O. The van der Waals surface area contributed by atoms with E-state index in [1.165, 1.54) is 6.07 Å². The van der Waals surface area contributed by atoms with E-state index in [1.807, 2.05) is 12.1 Å². The highest BCUT2D eigenvalue weighted by molar-refractivity contribution is 6.31. The number of pyridine rings is 2. The van der Waals surface area contributed by atoms with Gasteiger partial charge in [-0.3, -0.25) is 0 Å². The Morgan fingerprint density at radius 2 is 1.84 bits per heavy atom. The van der Waals surface area contributed by atoms with Gasteiger partial charge in [0, 0.05) is 16.5 Å². The van der Waals surface area contributed by atoms with E-state index in [0.29, 0.717) is 38.8 Å². The molecule has 0 atom stereocenters. The van der Waals surface area contributed by atoms with Crippen LogP contribution in [0.25, 0.3) is 21.9 Å². The van der Waals surface area contributed by atoms with Gasteiger partial charge in [0.05, 0.1) is 29.5 Å². The summed E-state index contributed by atoms with van der Waals surface area (Å²) in [5.74, 6) is 0.108. The Morgan fingerprint density at radius 3 is 2.64 bits per heavy atom. The summed E-state index contributed by atoms with van der Waals surface area (Å²) >= 11 is 6.10. The van der Waals surface area contributed by atoms with Crippen LogP contribution in [0.4, 0.5) is 15.8 Å². The summed E-state index contributed by atoms with van der Waals surface area (Å²) < 4.78 is 19.4. The van der Waals surface area contributed by atoms with E-state index in [0.717, 1.165) is 5.39 Å². The summed E-state index contributed by atoms with van der Waals surface area (Å²) in [4.78, 5) is 9.09. The number of nitrogens with one attached hydrogen (secondary N) is 1. The molecule has 0 aliphatic rings. The van der Waals surface area contributed by atoms with Crippen molar-refractivity contribution in [2.75, 3.05) is 12.4 Å². The molecule has 0 saturated carbocycles. The third-order valence-electron chi connectivity index (χ3n) is 3.90. The van der Waals surface area contributed by atoms with Gasteiger partial charge in [-0.2, -0.15) is 0 Å². The molecule has 2 aromatic heterocycles. The van der Waals surface area contributed by atoms with Gasteiger partial charge in [0.25, 0.3) is 0 Å². The second-order valence-corrected chi connectivity index (χ2v) is 5.91. The predicted molar refractivity (Wildman–Crippen MR) is 98.3 cm³/mol. The minimum atomic E-state index is -0.350. The summed E-state index contributed by atoms with van der Waals surface area (Å²) in [6.45, 7) is 0. The quantitative estimate of drug-likeness (QED) is 0.506. The highest BCUT2D eigenvalue weighted by Gasteiger charge is 2.13. The number of fused-ring (bicyclic) bond motifs is 2. The van der Waals surface area contributed by atoms with E-state index < -0.39 is 0 Å². The first-order chi connectivity index (χ1) is 12.2. The molecule has 0 fully saturated rings. The van der Waals surface area contributed by atoms with Crippen molar-refractivity contribution in [3.05, 3.63) is 65.4 Å². The van der Waals surface area contributed by atoms with Crippen molar-refractivity contribution >= 4 is 44.9 Å². The van der Waals surface area contributed by atoms with E-state index in [-0.39, 0.29) is 5.82 Å². The number of para-hydroxylation sites is 1. The van der Waals surface area contributed by atoms with Crippen LogP contribution in [0, 0.1) is 5.82 Å². The number of nitrogens with zero attached hydrogens (tertiary/aromatic N) is 2. The number of benzene rings is 2. The lowest BCUT2D eigenvalue weighted by Crippen LogP contribution is -1.99. The molecule has 4 aromatic rings. The van der Waals surface area contributed by atoms with Gasteiger partial charge in [-0.25, -0.2) is 14.4 Å². The summed E-state index contributed by atoms with van der Waals surface area (Å²) in [5.41, 5.74) is 2.97. The van der Waals surface area contributed by atoms with Crippen LogP contribution in [0.3, 0.4) is 0 Å². The van der Waals surface area contributed by atoms with Crippen molar-refractivity contribution < 1.29 is 9.13 Å². The lowest BCUT2D eigenvalue weighted by Gasteiger charge is -2.14. The van der Waals surface area contributed by atoms with Crippen LogP contribution in [0.5, 0.6) is 5.88 Å². The third kappa shape index (κ3) is 2.83. The fourth-order valence-corrected chi connectivity index (χ4v) is 2.88. The number of halogens is 2. The number of anilines is 2. The molecule has 1 N–H and O–H groups in total. The maximum Gasteiger partial charge on any atom is 0.213 e. The highest BCUT2D eigenvalue weighted by Crippen LogP contribution is 2.34. The maximum atomic E-state index is 14.1. The third-order valence-corrected chi connectivity index (χ3v) is 4.13. The Morgan fingerprint density at radius 1 is 1.00 bits per heavy atom. The smallest absolute Gasteiger partial charge is 0.213 e. The van der Waals surface area contributed by atoms with E-state index in [9.17, 15) is 4.39 Å². The van der Waals surface area contributed by atoms with Gasteiger partial charge in [0.2, 0.25) is 5.88 Å². The molecule has 6 heteroatoms. The summed E-state index contributed by atoms with van der Waals surface area (Å²) in [7, 11) is 1.55. The predicted octanol–water partition coefficient (Wildman–Crippen LogP) is 5.33. The lowest BCUT2D eigenvalue weighted by atomic mass is 10.1. The first-order valence-corrected chi connectivity index (χ1v) is 7.99. The van der Waals surface area contributed by atoms with Crippen molar-refractivity contribution in [1.29, 1.82) is 0 Å². The minimum Gasteiger partial charge on any atom is -0.481 e. The van der Waals surface area contributed by atoms with Gasteiger partial charge in [-0.15, -0.1) is 0 Å². The number of methoxy groups -OCH3 is 1. The highest BCUT2D eigenvalue weighted by atomic mass is 35.5. The van der Waals surface area contributed by atoms with Gasteiger partial charge in [0.1, 0.15) is 11.3 Å². The molecule has 0 spiro atoms. The fourth-order valence-electron chi connectivity index (χ4n) is 2.71. The van der Waals surface area contributed by atoms with Gasteiger partial charge in [-0.1, -0.05) is 23.7 Å². The van der Waals surface area contributed by atoms with E-state index >= 15 is 0 Å². The Balaban J connectivity index is 2.04. The van der Waals surface area contributed by atoms with Crippen molar-refractivity contribution in [2.45, 2.75) is 0 Å². The Labute approximate surface area is 148 Å². The van der Waals surface area contributed by atoms with Gasteiger partial charge < -0.3 is 10.1 Å². The molecular weight excluding hydrogens is 341 g/mol. The summed E-state index contributed by atoms with van der Waals surface area (Å²) in [5, 5.41) is 4.53. The maximum absolute atomic E-state index is 14.1. The van der Waals surface area contributed by atoms with Gasteiger partial charge >= 0.3 is 0 Å². The zero-order chi connectivity index (χ0) is 17.4. The lowest BCUT2D eigenvalue weighted by molar-refractivity contribution is 0.399. The monoisotopic (exact) mass is 353 g/mol. The van der Waals surface area contributed by atoms with Crippen molar-refractivity contribution in [3.8, 4) is 5.88 Å². The average Bonchev–Trinajstić information content (AvgIpc) is 2.62. The van der Waals surface area contributed by atoms with Gasteiger partial charge in [0.15, 0.2) is 0 Å². The largest absolute Gasteiger partial charge is 0.481 e. The molecule has 2 heterocycles. The zero-order valence-electron chi connectivity index (χ0n) is 13.3. The second kappa shape index (κ2) is 6.18. The number of aromatic nitrogens is 2. The normalized spacial score (nSPS) is 11.0. The molecule has 0 radical (unpaired) electrons. The molecule has 4 nitrogen and oxygen atoms in total. The topological polar surface area (TPSA) is 47.0 Å². The molecule has 0 aliphatic heterocycles.